The van der Waals surface area contributed by atoms with Gasteiger partial charge < -0.3 is 5.32 Å². The summed E-state index contributed by atoms with van der Waals surface area (Å²) in [6.07, 6.45) is 0. The maximum atomic E-state index is 10.9. The van der Waals surface area contributed by atoms with Gasteiger partial charge in [0.1, 0.15) is 11.8 Å². The molecule has 0 fully saturated rings. The SMILES string of the molecule is Cc1ccc(Nc2ccccc2[N+](=O)[O-])c(C#N)c1. The van der Waals surface area contributed by atoms with Gasteiger partial charge in [0.25, 0.3) is 5.69 Å². The Kier molecular flexibility index (Phi) is 3.44. The Bertz CT molecular complexity index is 675. The lowest BCUT2D eigenvalue weighted by atomic mass is 10.1. The standard InChI is InChI=1S/C14H11N3O2/c1-10-6-7-12(11(8-10)9-15)16-13-4-2-3-5-14(13)17(18)19/h2-8,16H,1H3. The van der Waals surface area contributed by atoms with Gasteiger partial charge >= 0.3 is 0 Å². The van der Waals surface area contributed by atoms with Gasteiger partial charge in [-0.15, -0.1) is 0 Å². The molecule has 0 atom stereocenters. The van der Waals surface area contributed by atoms with Crippen LogP contribution >= 0.6 is 0 Å². The van der Waals surface area contributed by atoms with Crippen molar-refractivity contribution in [2.45, 2.75) is 6.92 Å². The zero-order valence-corrected chi connectivity index (χ0v) is 10.3. The maximum Gasteiger partial charge on any atom is 0.292 e. The fourth-order valence-corrected chi connectivity index (χ4v) is 1.74. The van der Waals surface area contributed by atoms with Crippen molar-refractivity contribution in [3.05, 3.63) is 63.7 Å². The van der Waals surface area contributed by atoms with E-state index in [1.165, 1.54) is 6.07 Å². The van der Waals surface area contributed by atoms with Gasteiger partial charge in [0, 0.05) is 6.07 Å². The number of anilines is 2. The molecule has 0 aliphatic rings. The first-order valence-electron chi connectivity index (χ1n) is 5.63. The summed E-state index contributed by atoms with van der Waals surface area (Å²) >= 11 is 0. The molecule has 94 valence electrons. The molecule has 0 spiro atoms. The predicted molar refractivity (Wildman–Crippen MR) is 72.3 cm³/mol. The smallest absolute Gasteiger partial charge is 0.292 e. The van der Waals surface area contributed by atoms with Gasteiger partial charge in [-0.25, -0.2) is 0 Å². The number of nitrogens with zero attached hydrogens (tertiary/aromatic N) is 2. The second kappa shape index (κ2) is 5.19. The first-order valence-corrected chi connectivity index (χ1v) is 5.63. The minimum Gasteiger partial charge on any atom is -0.349 e. The molecule has 0 saturated carbocycles. The van der Waals surface area contributed by atoms with Crippen LogP contribution in [-0.2, 0) is 0 Å². The van der Waals surface area contributed by atoms with E-state index in [4.69, 9.17) is 5.26 Å². The number of benzene rings is 2. The van der Waals surface area contributed by atoms with Crippen molar-refractivity contribution in [2.24, 2.45) is 0 Å². The van der Waals surface area contributed by atoms with Gasteiger partial charge in [-0.1, -0.05) is 18.2 Å². The molecule has 0 radical (unpaired) electrons. The van der Waals surface area contributed by atoms with Gasteiger partial charge in [0.2, 0.25) is 0 Å². The van der Waals surface area contributed by atoms with E-state index in [1.54, 1.807) is 30.3 Å². The zero-order chi connectivity index (χ0) is 13.8. The second-order valence-corrected chi connectivity index (χ2v) is 4.06. The molecule has 5 nitrogen and oxygen atoms in total. The highest BCUT2D eigenvalue weighted by molar-refractivity contribution is 5.73. The fraction of sp³-hybridized carbons (Fsp3) is 0.0714. The van der Waals surface area contributed by atoms with Gasteiger partial charge in [0.05, 0.1) is 16.2 Å². The number of aryl methyl sites for hydroxylation is 1. The number of hydrogen-bond acceptors (Lipinski definition) is 4. The summed E-state index contributed by atoms with van der Waals surface area (Å²) in [5, 5.41) is 22.9. The molecule has 2 aromatic carbocycles. The quantitative estimate of drug-likeness (QED) is 0.670. The average Bonchev–Trinajstić information content (AvgIpc) is 2.41. The average molecular weight is 253 g/mol. The van der Waals surface area contributed by atoms with E-state index in [-0.39, 0.29) is 5.69 Å². The molecular weight excluding hydrogens is 242 g/mol. The molecule has 1 N–H and O–H groups in total. The van der Waals surface area contributed by atoms with Crippen molar-refractivity contribution < 1.29 is 4.92 Å². The van der Waals surface area contributed by atoms with E-state index in [0.29, 0.717) is 16.9 Å². The molecular formula is C14H11N3O2. The van der Waals surface area contributed by atoms with Gasteiger partial charge in [-0.05, 0) is 30.7 Å². The van der Waals surface area contributed by atoms with E-state index in [0.717, 1.165) is 5.56 Å². The van der Waals surface area contributed by atoms with Crippen LogP contribution in [0.3, 0.4) is 0 Å². The van der Waals surface area contributed by atoms with Gasteiger partial charge in [-0.3, -0.25) is 10.1 Å². The molecule has 0 aliphatic heterocycles. The Morgan fingerprint density at radius 1 is 1.21 bits per heavy atom. The van der Waals surface area contributed by atoms with Crippen LogP contribution in [0.2, 0.25) is 0 Å². The zero-order valence-electron chi connectivity index (χ0n) is 10.3. The molecule has 0 aliphatic carbocycles. The second-order valence-electron chi connectivity index (χ2n) is 4.06. The van der Waals surface area contributed by atoms with Crippen molar-refractivity contribution in [3.8, 4) is 6.07 Å². The van der Waals surface area contributed by atoms with Gasteiger partial charge in [-0.2, -0.15) is 5.26 Å². The highest BCUT2D eigenvalue weighted by atomic mass is 16.6. The normalized spacial score (nSPS) is 9.68. The van der Waals surface area contributed by atoms with Crippen LogP contribution in [0.5, 0.6) is 0 Å². The number of nitriles is 1. The number of nitrogens with one attached hydrogen (secondary N) is 1. The summed E-state index contributed by atoms with van der Waals surface area (Å²) in [4.78, 5) is 10.5. The van der Waals surface area contributed by atoms with E-state index in [2.05, 4.69) is 11.4 Å². The van der Waals surface area contributed by atoms with Crippen LogP contribution in [-0.4, -0.2) is 4.92 Å². The van der Waals surface area contributed by atoms with Gasteiger partial charge in [0.15, 0.2) is 0 Å². The first kappa shape index (κ1) is 12.6. The largest absolute Gasteiger partial charge is 0.349 e. The maximum absolute atomic E-state index is 10.9. The molecule has 0 aromatic heterocycles. The molecule has 2 rings (SSSR count). The third-order valence-electron chi connectivity index (χ3n) is 2.67. The Hall–Kier alpha value is -2.87. The van der Waals surface area contributed by atoms with Crippen LogP contribution in [0.1, 0.15) is 11.1 Å². The molecule has 5 heteroatoms. The summed E-state index contributed by atoms with van der Waals surface area (Å²) in [5.41, 5.74) is 2.32. The highest BCUT2D eigenvalue weighted by Gasteiger charge is 2.13. The lowest BCUT2D eigenvalue weighted by Gasteiger charge is -2.09. The summed E-state index contributed by atoms with van der Waals surface area (Å²) < 4.78 is 0. The van der Waals surface area contributed by atoms with E-state index in [1.807, 2.05) is 13.0 Å². The van der Waals surface area contributed by atoms with Crippen LogP contribution in [0, 0.1) is 28.4 Å². The van der Waals surface area contributed by atoms with Crippen molar-refractivity contribution >= 4 is 17.1 Å². The topological polar surface area (TPSA) is 79.0 Å². The van der Waals surface area contributed by atoms with Crippen molar-refractivity contribution in [3.63, 3.8) is 0 Å². The van der Waals surface area contributed by atoms with E-state index in [9.17, 15) is 10.1 Å². The first-order chi connectivity index (χ1) is 9.11. The van der Waals surface area contributed by atoms with Crippen molar-refractivity contribution in [1.82, 2.24) is 0 Å². The fourth-order valence-electron chi connectivity index (χ4n) is 1.74. The number of nitro benzene ring substituents is 1. The third kappa shape index (κ3) is 2.69. The van der Waals surface area contributed by atoms with E-state index < -0.39 is 4.92 Å². The molecule has 0 unspecified atom stereocenters. The lowest BCUT2D eigenvalue weighted by molar-refractivity contribution is -0.383. The number of hydrogen-bond donors (Lipinski definition) is 1. The lowest BCUT2D eigenvalue weighted by Crippen LogP contribution is -1.98. The molecule has 2 aromatic rings. The van der Waals surface area contributed by atoms with Crippen LogP contribution < -0.4 is 5.32 Å². The third-order valence-corrected chi connectivity index (χ3v) is 2.67. The highest BCUT2D eigenvalue weighted by Crippen LogP contribution is 2.28. The number of para-hydroxylation sites is 2. The Morgan fingerprint density at radius 3 is 2.63 bits per heavy atom. The summed E-state index contributed by atoms with van der Waals surface area (Å²) in [6.45, 7) is 1.88. The Labute approximate surface area is 110 Å². The molecule has 0 bridgehead atoms. The molecule has 0 saturated heterocycles. The summed E-state index contributed by atoms with van der Waals surface area (Å²) in [7, 11) is 0. The monoisotopic (exact) mass is 253 g/mol. The minimum atomic E-state index is -0.456. The number of rotatable bonds is 3. The summed E-state index contributed by atoms with van der Waals surface area (Å²) in [5.74, 6) is 0. The van der Waals surface area contributed by atoms with Crippen molar-refractivity contribution in [2.75, 3.05) is 5.32 Å². The van der Waals surface area contributed by atoms with Crippen LogP contribution in [0.4, 0.5) is 17.1 Å². The minimum absolute atomic E-state index is 0.0213. The predicted octanol–water partition coefficient (Wildman–Crippen LogP) is 3.52. The van der Waals surface area contributed by atoms with Crippen LogP contribution in [0.25, 0.3) is 0 Å². The molecule has 19 heavy (non-hydrogen) atoms. The molecule has 0 heterocycles. The van der Waals surface area contributed by atoms with Crippen molar-refractivity contribution in [1.29, 1.82) is 5.26 Å². The number of nitro groups is 1. The molecule has 0 amide bonds. The summed E-state index contributed by atoms with van der Waals surface area (Å²) in [6, 6.07) is 13.7. The Morgan fingerprint density at radius 2 is 1.95 bits per heavy atom. The van der Waals surface area contributed by atoms with E-state index >= 15 is 0 Å². The Balaban J connectivity index is 2.43. The van der Waals surface area contributed by atoms with Crippen LogP contribution in [0.15, 0.2) is 42.5 Å².